The van der Waals surface area contributed by atoms with Gasteiger partial charge in [0.1, 0.15) is 0 Å². The number of rotatable bonds is 5. The largest absolute Gasteiger partial charge is 0.334 e. The maximum atomic E-state index is 11.8. The Balaban J connectivity index is 2.61. The quantitative estimate of drug-likeness (QED) is 0.779. The Bertz CT molecular complexity index is 438. The minimum Gasteiger partial charge on any atom is -0.334 e. The summed E-state index contributed by atoms with van der Waals surface area (Å²) in [6.07, 6.45) is 0.827. The first-order valence-corrected chi connectivity index (χ1v) is 6.90. The fourth-order valence-corrected chi connectivity index (χ4v) is 2.06. The van der Waals surface area contributed by atoms with Crippen molar-refractivity contribution < 1.29 is 4.79 Å². The number of nitrogens with one attached hydrogen (secondary N) is 2. The van der Waals surface area contributed by atoms with Gasteiger partial charge < -0.3 is 16.4 Å². The number of benzene rings is 1. The molecule has 19 heavy (non-hydrogen) atoms. The number of hydrogen-bond acceptors (Lipinski definition) is 2. The number of carbonyl (C=O) groups is 1. The van der Waals surface area contributed by atoms with Gasteiger partial charge in [-0.2, -0.15) is 0 Å². The van der Waals surface area contributed by atoms with Crippen molar-refractivity contribution in [1.82, 2.24) is 5.32 Å². The van der Waals surface area contributed by atoms with E-state index in [2.05, 4.69) is 24.5 Å². The molecular formula is C13H19Cl2N3O. The van der Waals surface area contributed by atoms with Crippen LogP contribution in [0.25, 0.3) is 0 Å². The van der Waals surface area contributed by atoms with Crippen molar-refractivity contribution in [3.8, 4) is 0 Å². The average molecular weight is 304 g/mol. The van der Waals surface area contributed by atoms with Gasteiger partial charge in [0, 0.05) is 17.6 Å². The molecule has 0 bridgehead atoms. The van der Waals surface area contributed by atoms with Crippen molar-refractivity contribution in [3.05, 3.63) is 28.2 Å². The molecule has 1 rings (SSSR count). The summed E-state index contributed by atoms with van der Waals surface area (Å²) in [7, 11) is 0. The second-order valence-electron chi connectivity index (χ2n) is 4.78. The molecule has 0 saturated heterocycles. The van der Waals surface area contributed by atoms with Gasteiger partial charge in [-0.1, -0.05) is 37.0 Å². The van der Waals surface area contributed by atoms with E-state index in [1.54, 1.807) is 18.2 Å². The van der Waals surface area contributed by atoms with Gasteiger partial charge in [-0.05, 0) is 30.5 Å². The van der Waals surface area contributed by atoms with Gasteiger partial charge in [-0.3, -0.25) is 0 Å². The van der Waals surface area contributed by atoms with E-state index >= 15 is 0 Å². The third kappa shape index (κ3) is 5.68. The zero-order valence-corrected chi connectivity index (χ0v) is 12.6. The van der Waals surface area contributed by atoms with E-state index in [9.17, 15) is 4.79 Å². The molecule has 6 heteroatoms. The second-order valence-corrected chi connectivity index (χ2v) is 5.63. The Labute approximate surface area is 123 Å². The molecule has 0 aromatic heterocycles. The lowest BCUT2D eigenvalue weighted by Crippen LogP contribution is -2.43. The minimum absolute atomic E-state index is 0.0574. The molecule has 0 fully saturated rings. The number of nitrogens with two attached hydrogens (primary N) is 1. The summed E-state index contributed by atoms with van der Waals surface area (Å²) in [5.41, 5.74) is 6.11. The predicted molar refractivity (Wildman–Crippen MR) is 80.9 cm³/mol. The second kappa shape index (κ2) is 7.58. The monoisotopic (exact) mass is 303 g/mol. The molecule has 1 atom stereocenters. The van der Waals surface area contributed by atoms with E-state index in [-0.39, 0.29) is 12.1 Å². The van der Waals surface area contributed by atoms with Crippen LogP contribution in [0.3, 0.4) is 0 Å². The zero-order chi connectivity index (χ0) is 14.4. The van der Waals surface area contributed by atoms with Crippen molar-refractivity contribution >= 4 is 34.9 Å². The molecule has 4 nitrogen and oxygen atoms in total. The normalized spacial score (nSPS) is 12.3. The molecule has 2 amide bonds. The van der Waals surface area contributed by atoms with E-state index in [0.29, 0.717) is 28.2 Å². The van der Waals surface area contributed by atoms with Crippen LogP contribution in [0.2, 0.25) is 10.0 Å². The standard InChI is InChI=1S/C13H19Cl2N3O/c1-8(2)5-10(7-16)17-13(19)18-12-6-9(14)3-4-11(12)15/h3-4,6,8,10H,5,7,16H2,1-2H3,(H2,17,18,19). The fourth-order valence-electron chi connectivity index (χ4n) is 1.72. The van der Waals surface area contributed by atoms with Crippen LogP contribution in [0, 0.1) is 5.92 Å². The lowest BCUT2D eigenvalue weighted by atomic mass is 10.0. The van der Waals surface area contributed by atoms with E-state index in [4.69, 9.17) is 28.9 Å². The molecule has 1 unspecified atom stereocenters. The van der Waals surface area contributed by atoms with Crippen molar-refractivity contribution in [1.29, 1.82) is 0 Å². The Hall–Kier alpha value is -0.970. The van der Waals surface area contributed by atoms with Crippen LogP contribution in [-0.2, 0) is 0 Å². The van der Waals surface area contributed by atoms with Crippen molar-refractivity contribution in [3.63, 3.8) is 0 Å². The molecule has 0 aliphatic rings. The number of halogens is 2. The molecule has 0 heterocycles. The third-order valence-corrected chi connectivity index (χ3v) is 3.12. The third-order valence-electron chi connectivity index (χ3n) is 2.55. The number of anilines is 1. The Kier molecular flexibility index (Phi) is 6.42. The number of urea groups is 1. The number of hydrogen-bond donors (Lipinski definition) is 3. The van der Waals surface area contributed by atoms with Crippen LogP contribution >= 0.6 is 23.2 Å². The molecule has 0 aliphatic heterocycles. The highest BCUT2D eigenvalue weighted by molar-refractivity contribution is 6.35. The van der Waals surface area contributed by atoms with Crippen LogP contribution in [0.1, 0.15) is 20.3 Å². The SMILES string of the molecule is CC(C)CC(CN)NC(=O)Nc1cc(Cl)ccc1Cl. The first kappa shape index (κ1) is 16.1. The summed E-state index contributed by atoms with van der Waals surface area (Å²) >= 11 is 11.8. The highest BCUT2D eigenvalue weighted by Gasteiger charge is 2.13. The summed E-state index contributed by atoms with van der Waals surface area (Å²) in [5, 5.41) is 6.43. The van der Waals surface area contributed by atoms with Crippen LogP contribution in [0.4, 0.5) is 10.5 Å². The smallest absolute Gasteiger partial charge is 0.319 e. The molecular weight excluding hydrogens is 285 g/mol. The van der Waals surface area contributed by atoms with E-state index in [0.717, 1.165) is 6.42 Å². The minimum atomic E-state index is -0.333. The molecule has 1 aromatic carbocycles. The van der Waals surface area contributed by atoms with E-state index in [1.165, 1.54) is 0 Å². The first-order valence-electron chi connectivity index (χ1n) is 6.15. The number of amides is 2. The molecule has 4 N–H and O–H groups in total. The molecule has 0 spiro atoms. The van der Waals surface area contributed by atoms with Crippen LogP contribution in [0.5, 0.6) is 0 Å². The summed E-state index contributed by atoms with van der Waals surface area (Å²) < 4.78 is 0. The van der Waals surface area contributed by atoms with Gasteiger partial charge in [0.25, 0.3) is 0 Å². The number of carbonyl (C=O) groups excluding carboxylic acids is 1. The van der Waals surface area contributed by atoms with Crippen molar-refractivity contribution in [2.45, 2.75) is 26.3 Å². The van der Waals surface area contributed by atoms with E-state index < -0.39 is 0 Å². The van der Waals surface area contributed by atoms with Crippen LogP contribution < -0.4 is 16.4 Å². The fraction of sp³-hybridized carbons (Fsp3) is 0.462. The molecule has 0 saturated carbocycles. The zero-order valence-electron chi connectivity index (χ0n) is 11.0. The predicted octanol–water partition coefficient (Wildman–Crippen LogP) is 3.49. The highest BCUT2D eigenvalue weighted by Crippen LogP contribution is 2.25. The van der Waals surface area contributed by atoms with Crippen LogP contribution in [-0.4, -0.2) is 18.6 Å². The molecule has 0 aliphatic carbocycles. The van der Waals surface area contributed by atoms with Gasteiger partial charge in [-0.15, -0.1) is 0 Å². The van der Waals surface area contributed by atoms with Gasteiger partial charge in [0.15, 0.2) is 0 Å². The van der Waals surface area contributed by atoms with Crippen LogP contribution in [0.15, 0.2) is 18.2 Å². The summed E-state index contributed by atoms with van der Waals surface area (Å²) in [4.78, 5) is 11.8. The Morgan fingerprint density at radius 2 is 2.05 bits per heavy atom. The molecule has 0 radical (unpaired) electrons. The van der Waals surface area contributed by atoms with E-state index in [1.807, 2.05) is 0 Å². The maximum Gasteiger partial charge on any atom is 0.319 e. The van der Waals surface area contributed by atoms with Crippen molar-refractivity contribution in [2.24, 2.45) is 11.7 Å². The van der Waals surface area contributed by atoms with Crippen molar-refractivity contribution in [2.75, 3.05) is 11.9 Å². The van der Waals surface area contributed by atoms with Gasteiger partial charge in [-0.25, -0.2) is 4.79 Å². The lowest BCUT2D eigenvalue weighted by molar-refractivity contribution is 0.247. The average Bonchev–Trinajstić information content (AvgIpc) is 2.32. The lowest BCUT2D eigenvalue weighted by Gasteiger charge is -2.19. The van der Waals surface area contributed by atoms with Gasteiger partial charge >= 0.3 is 6.03 Å². The summed E-state index contributed by atoms with van der Waals surface area (Å²) in [6.45, 7) is 4.56. The van der Waals surface area contributed by atoms with Gasteiger partial charge in [0.2, 0.25) is 0 Å². The topological polar surface area (TPSA) is 67.1 Å². The molecule has 106 valence electrons. The summed E-state index contributed by atoms with van der Waals surface area (Å²) in [6, 6.07) is 4.50. The maximum absolute atomic E-state index is 11.8. The van der Waals surface area contributed by atoms with Gasteiger partial charge in [0.05, 0.1) is 10.7 Å². The first-order chi connectivity index (χ1) is 8.92. The summed E-state index contributed by atoms with van der Waals surface area (Å²) in [5.74, 6) is 0.462. The highest BCUT2D eigenvalue weighted by atomic mass is 35.5. The molecule has 1 aromatic rings. The Morgan fingerprint density at radius 1 is 1.37 bits per heavy atom. The Morgan fingerprint density at radius 3 is 2.63 bits per heavy atom.